The molecule has 2 rings (SSSR count). The van der Waals surface area contributed by atoms with Gasteiger partial charge >= 0.3 is 0 Å². The highest BCUT2D eigenvalue weighted by molar-refractivity contribution is 5.90. The zero-order valence-corrected chi connectivity index (χ0v) is 15.9. The van der Waals surface area contributed by atoms with Gasteiger partial charge in [-0.1, -0.05) is 24.3 Å². The van der Waals surface area contributed by atoms with Crippen LogP contribution in [0.3, 0.4) is 0 Å². The van der Waals surface area contributed by atoms with E-state index in [9.17, 15) is 4.79 Å². The van der Waals surface area contributed by atoms with Crippen molar-refractivity contribution in [3.63, 3.8) is 0 Å². The Labute approximate surface area is 150 Å². The number of carbonyl (C=O) groups excluding carboxylic acids is 1. The Bertz CT molecular complexity index is 756. The van der Waals surface area contributed by atoms with Gasteiger partial charge in [0.2, 0.25) is 5.91 Å². The normalized spacial score (nSPS) is 13.2. The van der Waals surface area contributed by atoms with Crippen LogP contribution in [0.1, 0.15) is 55.1 Å². The molecule has 2 unspecified atom stereocenters. The van der Waals surface area contributed by atoms with Crippen LogP contribution in [0.15, 0.2) is 36.4 Å². The first kappa shape index (κ1) is 19.0. The molecule has 2 aromatic carbocycles. The summed E-state index contributed by atoms with van der Waals surface area (Å²) in [6.45, 7) is 10.1. The summed E-state index contributed by atoms with van der Waals surface area (Å²) in [5.41, 5.74) is 5.73. The highest BCUT2D eigenvalue weighted by Crippen LogP contribution is 2.29. The predicted octanol–water partition coefficient (Wildman–Crippen LogP) is 4.68. The van der Waals surface area contributed by atoms with Gasteiger partial charge in [0.25, 0.3) is 0 Å². The Morgan fingerprint density at radius 3 is 2.44 bits per heavy atom. The van der Waals surface area contributed by atoms with E-state index < -0.39 is 0 Å². The third-order valence-corrected chi connectivity index (χ3v) is 4.65. The Balaban J connectivity index is 2.21. The van der Waals surface area contributed by atoms with Gasteiger partial charge in [-0.05, 0) is 62.1 Å². The zero-order valence-electron chi connectivity index (χ0n) is 15.9. The number of hydrogen-bond donors (Lipinski definition) is 2. The van der Waals surface area contributed by atoms with Crippen LogP contribution in [0.5, 0.6) is 5.75 Å². The fourth-order valence-electron chi connectivity index (χ4n) is 3.09. The number of methoxy groups -OCH3 is 1. The van der Waals surface area contributed by atoms with Crippen molar-refractivity contribution in [1.29, 1.82) is 0 Å². The summed E-state index contributed by atoms with van der Waals surface area (Å²) in [6, 6.07) is 12.6. The van der Waals surface area contributed by atoms with E-state index in [2.05, 4.69) is 56.5 Å². The van der Waals surface area contributed by atoms with Gasteiger partial charge in [-0.25, -0.2) is 0 Å². The van der Waals surface area contributed by atoms with Crippen LogP contribution in [0.4, 0.5) is 5.69 Å². The molecule has 4 nitrogen and oxygen atoms in total. The molecule has 2 aromatic rings. The minimum absolute atomic E-state index is 0.111. The number of carbonyl (C=O) groups is 1. The number of ether oxygens (including phenoxy) is 1. The fraction of sp³-hybridized carbons (Fsp3) is 0.381. The third kappa shape index (κ3) is 4.60. The van der Waals surface area contributed by atoms with E-state index in [0.29, 0.717) is 11.4 Å². The first-order valence-electron chi connectivity index (χ1n) is 8.61. The van der Waals surface area contributed by atoms with Crippen molar-refractivity contribution in [1.82, 2.24) is 5.32 Å². The van der Waals surface area contributed by atoms with E-state index in [1.54, 1.807) is 7.11 Å². The molecule has 0 fully saturated rings. The van der Waals surface area contributed by atoms with Crippen molar-refractivity contribution in [3.05, 3.63) is 58.7 Å². The average Bonchev–Trinajstić information content (AvgIpc) is 2.56. The molecule has 25 heavy (non-hydrogen) atoms. The van der Waals surface area contributed by atoms with Crippen molar-refractivity contribution in [3.8, 4) is 5.75 Å². The summed E-state index contributed by atoms with van der Waals surface area (Å²) < 4.78 is 5.33. The van der Waals surface area contributed by atoms with Gasteiger partial charge in [0.1, 0.15) is 5.75 Å². The van der Waals surface area contributed by atoms with Gasteiger partial charge in [0.15, 0.2) is 0 Å². The Kier molecular flexibility index (Phi) is 6.21. The van der Waals surface area contributed by atoms with Crippen LogP contribution in [0.25, 0.3) is 0 Å². The molecule has 0 aliphatic rings. The molecule has 2 N–H and O–H groups in total. The number of rotatable bonds is 6. The van der Waals surface area contributed by atoms with E-state index in [0.717, 1.165) is 5.56 Å². The van der Waals surface area contributed by atoms with E-state index in [4.69, 9.17) is 4.74 Å². The molecule has 0 aliphatic carbocycles. The SMILES string of the molecule is COc1ccc(C(C)NC(C)c2cccc(C)c2C)cc1NC(C)=O. The van der Waals surface area contributed by atoms with Crippen LogP contribution < -0.4 is 15.4 Å². The lowest BCUT2D eigenvalue weighted by Crippen LogP contribution is -2.23. The van der Waals surface area contributed by atoms with Crippen molar-refractivity contribution in [2.45, 2.75) is 46.7 Å². The minimum Gasteiger partial charge on any atom is -0.495 e. The number of aryl methyl sites for hydroxylation is 1. The number of hydrogen-bond acceptors (Lipinski definition) is 3. The highest BCUT2D eigenvalue weighted by Gasteiger charge is 2.15. The first-order valence-corrected chi connectivity index (χ1v) is 8.61. The summed E-state index contributed by atoms with van der Waals surface area (Å²) in [7, 11) is 1.60. The molecular formula is C21H28N2O2. The quantitative estimate of drug-likeness (QED) is 0.802. The summed E-state index contributed by atoms with van der Waals surface area (Å²) in [6.07, 6.45) is 0. The lowest BCUT2D eigenvalue weighted by Gasteiger charge is -2.23. The van der Waals surface area contributed by atoms with E-state index in [1.807, 2.05) is 18.2 Å². The maximum absolute atomic E-state index is 11.4. The van der Waals surface area contributed by atoms with Crippen molar-refractivity contribution < 1.29 is 9.53 Å². The standard InChI is InChI=1S/C21H28N2O2/c1-13-8-7-9-19(14(13)2)16(4)22-15(3)18-10-11-21(25-6)20(12-18)23-17(5)24/h7-12,15-16,22H,1-6H3,(H,23,24). The van der Waals surface area contributed by atoms with E-state index in [1.165, 1.54) is 23.6 Å². The lowest BCUT2D eigenvalue weighted by atomic mass is 9.97. The number of anilines is 1. The van der Waals surface area contributed by atoms with E-state index in [-0.39, 0.29) is 18.0 Å². The zero-order chi connectivity index (χ0) is 18.6. The summed E-state index contributed by atoms with van der Waals surface area (Å²) >= 11 is 0. The summed E-state index contributed by atoms with van der Waals surface area (Å²) in [4.78, 5) is 11.4. The molecular weight excluding hydrogens is 312 g/mol. The maximum Gasteiger partial charge on any atom is 0.221 e. The van der Waals surface area contributed by atoms with Gasteiger partial charge in [0, 0.05) is 19.0 Å². The molecule has 0 saturated heterocycles. The maximum atomic E-state index is 11.4. The molecule has 4 heteroatoms. The van der Waals surface area contributed by atoms with Crippen LogP contribution >= 0.6 is 0 Å². The Morgan fingerprint density at radius 2 is 1.80 bits per heavy atom. The molecule has 0 bridgehead atoms. The van der Waals surface area contributed by atoms with Crippen molar-refractivity contribution in [2.75, 3.05) is 12.4 Å². The largest absolute Gasteiger partial charge is 0.495 e. The topological polar surface area (TPSA) is 50.4 Å². The average molecular weight is 340 g/mol. The molecule has 0 aliphatic heterocycles. The summed E-state index contributed by atoms with van der Waals surface area (Å²) in [5, 5.41) is 6.47. The molecule has 0 spiro atoms. The minimum atomic E-state index is -0.111. The van der Waals surface area contributed by atoms with Crippen LogP contribution in [0.2, 0.25) is 0 Å². The molecule has 134 valence electrons. The third-order valence-electron chi connectivity index (χ3n) is 4.65. The second-order valence-corrected chi connectivity index (χ2v) is 6.54. The number of nitrogens with one attached hydrogen (secondary N) is 2. The molecule has 2 atom stereocenters. The Hall–Kier alpha value is -2.33. The van der Waals surface area contributed by atoms with E-state index >= 15 is 0 Å². The Morgan fingerprint density at radius 1 is 1.08 bits per heavy atom. The van der Waals surface area contributed by atoms with Gasteiger partial charge in [-0.3, -0.25) is 4.79 Å². The van der Waals surface area contributed by atoms with Crippen LogP contribution in [-0.4, -0.2) is 13.0 Å². The lowest BCUT2D eigenvalue weighted by molar-refractivity contribution is -0.114. The molecule has 0 radical (unpaired) electrons. The molecule has 0 saturated carbocycles. The second-order valence-electron chi connectivity index (χ2n) is 6.54. The number of amides is 1. The molecule has 0 aromatic heterocycles. The first-order chi connectivity index (χ1) is 11.8. The van der Waals surface area contributed by atoms with Gasteiger partial charge in [0.05, 0.1) is 12.8 Å². The molecule has 1 amide bonds. The van der Waals surface area contributed by atoms with Crippen molar-refractivity contribution in [2.24, 2.45) is 0 Å². The van der Waals surface area contributed by atoms with Gasteiger partial charge < -0.3 is 15.4 Å². The van der Waals surface area contributed by atoms with Crippen LogP contribution in [-0.2, 0) is 4.79 Å². The number of benzene rings is 2. The highest BCUT2D eigenvalue weighted by atomic mass is 16.5. The fourth-order valence-corrected chi connectivity index (χ4v) is 3.09. The smallest absolute Gasteiger partial charge is 0.221 e. The van der Waals surface area contributed by atoms with Crippen LogP contribution in [0, 0.1) is 13.8 Å². The monoisotopic (exact) mass is 340 g/mol. The predicted molar refractivity (Wildman–Crippen MR) is 103 cm³/mol. The molecule has 0 heterocycles. The van der Waals surface area contributed by atoms with Gasteiger partial charge in [-0.15, -0.1) is 0 Å². The van der Waals surface area contributed by atoms with Gasteiger partial charge in [-0.2, -0.15) is 0 Å². The summed E-state index contributed by atoms with van der Waals surface area (Å²) in [5.74, 6) is 0.550. The second kappa shape index (κ2) is 8.17. The van der Waals surface area contributed by atoms with Crippen molar-refractivity contribution >= 4 is 11.6 Å².